The Morgan fingerprint density at radius 2 is 2.08 bits per heavy atom. The maximum Gasteiger partial charge on any atom is 0.235 e. The minimum atomic E-state index is 0.235. The van der Waals surface area contributed by atoms with E-state index >= 15 is 0 Å². The van der Waals surface area contributed by atoms with Crippen LogP contribution in [0.15, 0.2) is 4.99 Å². The molecule has 2 aliphatic carbocycles. The molecule has 0 aromatic carbocycles. The smallest absolute Gasteiger partial charge is 0.211 e. The zero-order chi connectivity index (χ0) is 9.69. The topological polar surface area (TPSA) is 29.4 Å². The van der Waals surface area contributed by atoms with Crippen LogP contribution in [0.2, 0.25) is 0 Å². The van der Waals surface area contributed by atoms with E-state index in [2.05, 4.69) is 25.8 Å². The number of carbonyl (C=O) groups excluding carboxylic acids is 1. The molecule has 0 spiro atoms. The predicted octanol–water partition coefficient (Wildman–Crippen LogP) is 2.54. The van der Waals surface area contributed by atoms with E-state index in [-0.39, 0.29) is 11.5 Å². The second-order valence-corrected chi connectivity index (χ2v) is 5.35. The molecular weight excluding hydrogens is 162 g/mol. The Labute approximate surface area is 79.4 Å². The largest absolute Gasteiger partial charge is 0.235 e. The predicted molar refractivity (Wildman–Crippen MR) is 51.1 cm³/mol. The number of hydrogen-bond donors (Lipinski definition) is 0. The van der Waals surface area contributed by atoms with Crippen molar-refractivity contribution >= 4 is 6.08 Å². The lowest BCUT2D eigenvalue weighted by Gasteiger charge is -2.36. The zero-order valence-corrected chi connectivity index (χ0v) is 8.63. The van der Waals surface area contributed by atoms with Crippen LogP contribution >= 0.6 is 0 Å². The van der Waals surface area contributed by atoms with E-state index in [0.717, 1.165) is 12.3 Å². The summed E-state index contributed by atoms with van der Waals surface area (Å²) < 4.78 is 0. The minimum absolute atomic E-state index is 0.235. The van der Waals surface area contributed by atoms with Crippen molar-refractivity contribution in [1.82, 2.24) is 0 Å². The first kappa shape index (κ1) is 8.96. The van der Waals surface area contributed by atoms with Crippen molar-refractivity contribution in [2.75, 3.05) is 0 Å². The first-order valence-corrected chi connectivity index (χ1v) is 5.09. The molecule has 2 saturated carbocycles. The number of fused-ring (bicyclic) bond motifs is 2. The molecule has 2 bridgehead atoms. The van der Waals surface area contributed by atoms with Gasteiger partial charge in [-0.15, -0.1) is 0 Å². The number of nitrogens with zero attached hydrogens (tertiary/aromatic N) is 1. The monoisotopic (exact) mass is 179 g/mol. The highest BCUT2D eigenvalue weighted by Crippen LogP contribution is 2.66. The summed E-state index contributed by atoms with van der Waals surface area (Å²) >= 11 is 0. The van der Waals surface area contributed by atoms with Gasteiger partial charge in [-0.1, -0.05) is 20.8 Å². The molecule has 0 N–H and O–H groups in total. The van der Waals surface area contributed by atoms with Crippen LogP contribution in [0.5, 0.6) is 0 Å². The van der Waals surface area contributed by atoms with Crippen molar-refractivity contribution in [1.29, 1.82) is 0 Å². The number of hydrogen-bond acceptors (Lipinski definition) is 2. The van der Waals surface area contributed by atoms with Crippen LogP contribution in [0.4, 0.5) is 0 Å². The summed E-state index contributed by atoms with van der Waals surface area (Å²) in [6.07, 6.45) is 5.37. The van der Waals surface area contributed by atoms with Gasteiger partial charge in [0.2, 0.25) is 6.08 Å². The molecule has 0 aliphatic heterocycles. The van der Waals surface area contributed by atoms with E-state index in [9.17, 15) is 4.79 Å². The minimum Gasteiger partial charge on any atom is -0.211 e. The Kier molecular flexibility index (Phi) is 1.69. The molecule has 0 aromatic rings. The molecule has 3 atom stereocenters. The van der Waals surface area contributed by atoms with E-state index in [1.165, 1.54) is 12.8 Å². The summed E-state index contributed by atoms with van der Waals surface area (Å²) in [6.45, 7) is 6.93. The Bertz CT molecular complexity index is 278. The first-order chi connectivity index (χ1) is 6.02. The highest BCUT2D eigenvalue weighted by Gasteiger charge is 2.61. The molecule has 2 fully saturated rings. The average Bonchev–Trinajstić information content (AvgIpc) is 2.37. The molecular formula is C11H17NO. The fraction of sp³-hybridized carbons (Fsp3) is 0.909. The van der Waals surface area contributed by atoms with Gasteiger partial charge < -0.3 is 0 Å². The van der Waals surface area contributed by atoms with Crippen LogP contribution in [0, 0.1) is 16.7 Å². The quantitative estimate of drug-likeness (QED) is 0.449. The second kappa shape index (κ2) is 2.45. The normalized spacial score (nSPS) is 46.1. The molecule has 13 heavy (non-hydrogen) atoms. The van der Waals surface area contributed by atoms with Gasteiger partial charge in [0.05, 0.1) is 6.04 Å². The fourth-order valence-corrected chi connectivity index (χ4v) is 3.42. The molecule has 0 aromatic heterocycles. The third-order valence-electron chi connectivity index (χ3n) is 4.96. The summed E-state index contributed by atoms with van der Waals surface area (Å²) in [5.74, 6) is 0.764. The van der Waals surface area contributed by atoms with E-state index in [1.807, 2.05) is 0 Å². The number of isocyanates is 1. The Morgan fingerprint density at radius 1 is 1.38 bits per heavy atom. The maximum absolute atomic E-state index is 10.3. The van der Waals surface area contributed by atoms with Crippen LogP contribution in [-0.4, -0.2) is 12.1 Å². The van der Waals surface area contributed by atoms with Crippen molar-refractivity contribution in [2.45, 2.75) is 46.1 Å². The van der Waals surface area contributed by atoms with Gasteiger partial charge in [-0.25, -0.2) is 9.79 Å². The van der Waals surface area contributed by atoms with Crippen LogP contribution in [0.1, 0.15) is 40.0 Å². The average molecular weight is 179 g/mol. The van der Waals surface area contributed by atoms with Gasteiger partial charge in [0.1, 0.15) is 0 Å². The Hall–Kier alpha value is -0.620. The van der Waals surface area contributed by atoms with Crippen molar-refractivity contribution < 1.29 is 4.79 Å². The van der Waals surface area contributed by atoms with Crippen molar-refractivity contribution in [3.8, 4) is 0 Å². The van der Waals surface area contributed by atoms with E-state index in [1.54, 1.807) is 6.08 Å². The van der Waals surface area contributed by atoms with Crippen LogP contribution in [0.3, 0.4) is 0 Å². The highest BCUT2D eigenvalue weighted by molar-refractivity contribution is 5.35. The molecule has 0 radical (unpaired) electrons. The SMILES string of the molecule is CC1(C)[C@@H]2CC[C@@]1(C)[C@@H](N=C=O)C2. The fourth-order valence-electron chi connectivity index (χ4n) is 3.42. The molecule has 2 rings (SSSR count). The zero-order valence-electron chi connectivity index (χ0n) is 8.63. The highest BCUT2D eigenvalue weighted by atomic mass is 16.1. The number of rotatable bonds is 1. The molecule has 0 amide bonds. The third kappa shape index (κ3) is 0.899. The maximum atomic E-state index is 10.3. The van der Waals surface area contributed by atoms with Crippen molar-refractivity contribution in [3.63, 3.8) is 0 Å². The molecule has 2 nitrogen and oxygen atoms in total. The van der Waals surface area contributed by atoms with Crippen LogP contribution in [0.25, 0.3) is 0 Å². The van der Waals surface area contributed by atoms with E-state index in [4.69, 9.17) is 0 Å². The van der Waals surface area contributed by atoms with Gasteiger partial charge in [0.15, 0.2) is 0 Å². The van der Waals surface area contributed by atoms with Crippen molar-refractivity contribution in [3.05, 3.63) is 0 Å². The lowest BCUT2D eigenvalue weighted by atomic mass is 9.69. The van der Waals surface area contributed by atoms with Gasteiger partial charge in [-0.05, 0) is 36.0 Å². The lowest BCUT2D eigenvalue weighted by molar-refractivity contribution is 0.137. The molecule has 0 saturated heterocycles. The Balaban J connectivity index is 2.38. The summed E-state index contributed by atoms with van der Waals surface area (Å²) in [5, 5.41) is 0. The third-order valence-corrected chi connectivity index (χ3v) is 4.96. The molecule has 2 heteroatoms. The van der Waals surface area contributed by atoms with E-state index < -0.39 is 0 Å². The van der Waals surface area contributed by atoms with Gasteiger partial charge >= 0.3 is 0 Å². The van der Waals surface area contributed by atoms with Crippen LogP contribution in [-0.2, 0) is 4.79 Å². The first-order valence-electron chi connectivity index (χ1n) is 5.09. The summed E-state index contributed by atoms with van der Waals surface area (Å²) in [7, 11) is 0. The van der Waals surface area contributed by atoms with Gasteiger partial charge in [0.25, 0.3) is 0 Å². The number of aliphatic imine (C=N–C) groups is 1. The standard InChI is InChI=1S/C11H17NO/c1-10(2)8-4-5-11(10,3)9(6-8)12-7-13/h8-9H,4-6H2,1-3H3/t8-,9+,11+/m1/s1. The van der Waals surface area contributed by atoms with Gasteiger partial charge in [-0.3, -0.25) is 0 Å². The van der Waals surface area contributed by atoms with Crippen molar-refractivity contribution in [2.24, 2.45) is 21.7 Å². The van der Waals surface area contributed by atoms with E-state index in [0.29, 0.717) is 5.41 Å². The Morgan fingerprint density at radius 3 is 2.46 bits per heavy atom. The lowest BCUT2D eigenvalue weighted by Crippen LogP contribution is -2.34. The second-order valence-electron chi connectivity index (χ2n) is 5.35. The molecule has 0 unspecified atom stereocenters. The summed E-state index contributed by atoms with van der Waals surface area (Å²) in [5.41, 5.74) is 0.604. The van der Waals surface area contributed by atoms with Crippen LogP contribution < -0.4 is 0 Å². The summed E-state index contributed by atoms with van der Waals surface area (Å²) in [4.78, 5) is 14.3. The molecule has 0 heterocycles. The van der Waals surface area contributed by atoms with Gasteiger partial charge in [0, 0.05) is 0 Å². The molecule has 72 valence electrons. The van der Waals surface area contributed by atoms with Gasteiger partial charge in [-0.2, -0.15) is 0 Å². The molecule has 2 aliphatic rings. The summed E-state index contributed by atoms with van der Waals surface area (Å²) in [6, 6.07) is 0.235.